The Morgan fingerprint density at radius 2 is 1.18 bits per heavy atom. The lowest BCUT2D eigenvalue weighted by atomic mass is 9.93. The van der Waals surface area contributed by atoms with E-state index >= 15 is 0 Å². The summed E-state index contributed by atoms with van der Waals surface area (Å²) in [6.45, 7) is 10.7. The molecule has 0 radical (unpaired) electrons. The third-order valence-electron chi connectivity index (χ3n) is 7.89. The summed E-state index contributed by atoms with van der Waals surface area (Å²) in [5.74, 6) is 0.276. The van der Waals surface area contributed by atoms with Crippen molar-refractivity contribution >= 4 is 22.8 Å². The average Bonchev–Trinajstić information content (AvgIpc) is 2.96. The topological polar surface area (TPSA) is 57.0 Å². The summed E-state index contributed by atoms with van der Waals surface area (Å²) in [5, 5.41) is 15.1. The molecular weight excluding hydrogens is 490 g/mol. The summed E-state index contributed by atoms with van der Waals surface area (Å²) in [5.41, 5.74) is 11.3. The second-order valence-corrected chi connectivity index (χ2v) is 11.1. The van der Waals surface area contributed by atoms with Crippen molar-refractivity contribution in [2.45, 2.75) is 66.0 Å². The highest BCUT2D eigenvalue weighted by atomic mass is 16.3. The van der Waals surface area contributed by atoms with Gasteiger partial charge in [0, 0.05) is 34.6 Å². The van der Waals surface area contributed by atoms with Gasteiger partial charge < -0.3 is 10.4 Å². The van der Waals surface area contributed by atoms with Gasteiger partial charge >= 0.3 is 0 Å². The fourth-order valence-electron chi connectivity index (χ4n) is 5.84. The minimum absolute atomic E-state index is 0.165. The van der Waals surface area contributed by atoms with E-state index in [0.717, 1.165) is 64.3 Å². The van der Waals surface area contributed by atoms with Crippen LogP contribution < -0.4 is 5.32 Å². The molecule has 2 unspecified atom stereocenters. The molecule has 204 valence electrons. The highest BCUT2D eigenvalue weighted by Gasteiger charge is 2.25. The van der Waals surface area contributed by atoms with Crippen molar-refractivity contribution in [1.29, 1.82) is 0 Å². The zero-order valence-electron chi connectivity index (χ0n) is 24.2. The van der Waals surface area contributed by atoms with Gasteiger partial charge in [-0.25, -0.2) is 0 Å². The van der Waals surface area contributed by atoms with Crippen LogP contribution in [0, 0.1) is 20.8 Å². The molecule has 5 rings (SSSR count). The number of benzene rings is 4. The molecule has 2 atom stereocenters. The normalized spacial score (nSPS) is 18.1. The quantitative estimate of drug-likeness (QED) is 0.245. The Bertz CT molecular complexity index is 1470. The van der Waals surface area contributed by atoms with Gasteiger partial charge in [-0.05, 0) is 88.3 Å². The van der Waals surface area contributed by atoms with Crippen molar-refractivity contribution in [2.75, 3.05) is 0 Å². The summed E-state index contributed by atoms with van der Waals surface area (Å²) in [6.07, 6.45) is 3.23. The molecule has 1 aliphatic heterocycles. The van der Waals surface area contributed by atoms with Crippen molar-refractivity contribution in [3.8, 4) is 28.0 Å². The summed E-state index contributed by atoms with van der Waals surface area (Å²) >= 11 is 0. The van der Waals surface area contributed by atoms with E-state index in [0.29, 0.717) is 0 Å². The Morgan fingerprint density at radius 1 is 0.700 bits per heavy atom. The fraction of sp³-hybridized carbons (Fsp3) is 0.278. The van der Waals surface area contributed by atoms with Gasteiger partial charge in [0.05, 0.1) is 11.4 Å². The lowest BCUT2D eigenvalue weighted by Crippen LogP contribution is -2.49. The first-order valence-corrected chi connectivity index (χ1v) is 14.2. The van der Waals surface area contributed by atoms with E-state index in [2.05, 4.69) is 52.1 Å². The molecule has 1 heterocycles. The molecule has 40 heavy (non-hydrogen) atoms. The third kappa shape index (κ3) is 6.08. The monoisotopic (exact) mass is 529 g/mol. The molecule has 0 aliphatic carbocycles. The molecule has 2 N–H and O–H groups in total. The van der Waals surface area contributed by atoms with Gasteiger partial charge in [0.15, 0.2) is 0 Å². The molecule has 0 spiro atoms. The minimum Gasteiger partial charge on any atom is -0.507 e. The van der Waals surface area contributed by atoms with Crippen LogP contribution in [0.4, 0.5) is 11.4 Å². The van der Waals surface area contributed by atoms with Gasteiger partial charge in [0.2, 0.25) is 0 Å². The number of phenols is 1. The van der Waals surface area contributed by atoms with Crippen LogP contribution in [-0.2, 0) is 0 Å². The highest BCUT2D eigenvalue weighted by Crippen LogP contribution is 2.41. The van der Waals surface area contributed by atoms with Gasteiger partial charge in [-0.1, -0.05) is 78.4 Å². The number of piperidine rings is 1. The highest BCUT2D eigenvalue weighted by molar-refractivity contribution is 5.94. The standard InChI is InChI=1S/C36H39N3O/c1-23-19-24(2)35(25(3)20-23)38-27(5)34-18-12-17-33(39-34)26(4)37-30-21-31(28-13-8-6-9-14-28)36(40)32(22-30)29-15-10-7-11-16-29/h6-11,13-16,19-22,33-34,39-40H,12,17-18H2,1-5H3. The summed E-state index contributed by atoms with van der Waals surface area (Å²) < 4.78 is 0. The molecule has 0 aromatic heterocycles. The third-order valence-corrected chi connectivity index (χ3v) is 7.89. The van der Waals surface area contributed by atoms with E-state index in [1.807, 2.05) is 72.8 Å². The average molecular weight is 530 g/mol. The van der Waals surface area contributed by atoms with Crippen molar-refractivity contribution < 1.29 is 5.11 Å². The van der Waals surface area contributed by atoms with E-state index in [1.165, 1.54) is 16.7 Å². The van der Waals surface area contributed by atoms with Gasteiger partial charge in [0.1, 0.15) is 5.75 Å². The SMILES string of the molecule is CC(=Nc1cc(-c2ccccc2)c(O)c(-c2ccccc2)c1)C1CCCC(C(C)=Nc2c(C)cc(C)cc2C)N1. The van der Waals surface area contributed by atoms with Gasteiger partial charge in [-0.2, -0.15) is 0 Å². The van der Waals surface area contributed by atoms with Gasteiger partial charge in [-0.15, -0.1) is 0 Å². The Labute approximate surface area is 238 Å². The zero-order valence-corrected chi connectivity index (χ0v) is 24.2. The molecule has 4 aromatic rings. The van der Waals surface area contributed by atoms with Crippen LogP contribution in [0.5, 0.6) is 5.75 Å². The largest absolute Gasteiger partial charge is 0.507 e. The predicted octanol–water partition coefficient (Wildman–Crippen LogP) is 9.05. The van der Waals surface area contributed by atoms with E-state index in [-0.39, 0.29) is 17.8 Å². The molecule has 1 aliphatic rings. The van der Waals surface area contributed by atoms with Crippen LogP contribution in [0.25, 0.3) is 22.3 Å². The Balaban J connectivity index is 1.45. The number of aliphatic imine (C=N–C) groups is 2. The maximum Gasteiger partial charge on any atom is 0.131 e. The smallest absolute Gasteiger partial charge is 0.131 e. The van der Waals surface area contributed by atoms with Gasteiger partial charge in [0.25, 0.3) is 0 Å². The lowest BCUT2D eigenvalue weighted by molar-refractivity contribution is 0.427. The number of aromatic hydroxyl groups is 1. The number of rotatable bonds is 6. The molecule has 1 fully saturated rings. The molecule has 4 nitrogen and oxygen atoms in total. The summed E-state index contributed by atoms with van der Waals surface area (Å²) in [6, 6.07) is 28.8. The van der Waals surface area contributed by atoms with Gasteiger partial charge in [-0.3, -0.25) is 9.98 Å². The molecule has 0 bridgehead atoms. The molecule has 0 amide bonds. The number of hydrogen-bond acceptors (Lipinski definition) is 4. The predicted molar refractivity (Wildman–Crippen MR) is 170 cm³/mol. The first-order valence-electron chi connectivity index (χ1n) is 14.2. The Kier molecular flexibility index (Phi) is 8.27. The number of phenolic OH excluding ortho intramolecular Hbond substituents is 1. The maximum absolute atomic E-state index is 11.3. The van der Waals surface area contributed by atoms with Crippen molar-refractivity contribution in [3.05, 3.63) is 102 Å². The molecule has 4 aromatic carbocycles. The van der Waals surface area contributed by atoms with Crippen molar-refractivity contribution in [3.63, 3.8) is 0 Å². The van der Waals surface area contributed by atoms with Crippen LogP contribution >= 0.6 is 0 Å². The fourth-order valence-corrected chi connectivity index (χ4v) is 5.84. The molecular formula is C36H39N3O. The molecule has 0 saturated carbocycles. The first kappa shape index (κ1) is 27.5. The van der Waals surface area contributed by atoms with Crippen molar-refractivity contribution in [2.24, 2.45) is 9.98 Å². The van der Waals surface area contributed by atoms with E-state index < -0.39 is 0 Å². The van der Waals surface area contributed by atoms with Crippen LogP contribution in [0.2, 0.25) is 0 Å². The number of hydrogen-bond donors (Lipinski definition) is 2. The number of nitrogens with one attached hydrogen (secondary N) is 1. The van der Waals surface area contributed by atoms with E-state index in [4.69, 9.17) is 9.98 Å². The zero-order chi connectivity index (χ0) is 28.2. The second-order valence-electron chi connectivity index (χ2n) is 11.1. The maximum atomic E-state index is 11.3. The van der Waals surface area contributed by atoms with Crippen LogP contribution in [0.3, 0.4) is 0 Å². The van der Waals surface area contributed by atoms with E-state index in [1.54, 1.807) is 0 Å². The minimum atomic E-state index is 0.165. The van der Waals surface area contributed by atoms with E-state index in [9.17, 15) is 5.11 Å². The van der Waals surface area contributed by atoms with Crippen LogP contribution in [0.1, 0.15) is 49.8 Å². The van der Waals surface area contributed by atoms with Crippen LogP contribution in [0.15, 0.2) is 94.9 Å². The molecule has 4 heteroatoms. The summed E-state index contributed by atoms with van der Waals surface area (Å²) in [4.78, 5) is 10.2. The number of nitrogens with zero attached hydrogens (tertiary/aromatic N) is 2. The summed E-state index contributed by atoms with van der Waals surface area (Å²) in [7, 11) is 0. The Morgan fingerprint density at radius 3 is 1.68 bits per heavy atom. The first-order chi connectivity index (χ1) is 19.3. The van der Waals surface area contributed by atoms with Crippen molar-refractivity contribution in [1.82, 2.24) is 5.32 Å². The number of aryl methyl sites for hydroxylation is 3. The Hall–Kier alpha value is -4.02. The van der Waals surface area contributed by atoms with Crippen LogP contribution in [-0.4, -0.2) is 28.6 Å². The molecule has 1 saturated heterocycles. The lowest BCUT2D eigenvalue weighted by Gasteiger charge is -2.31. The second kappa shape index (κ2) is 12.0.